The predicted octanol–water partition coefficient (Wildman–Crippen LogP) is 3.59. The molecule has 4 rings (SSSR count). The second kappa shape index (κ2) is 7.99. The average molecular weight is 419 g/mol. The van der Waals surface area contributed by atoms with Gasteiger partial charge in [0.05, 0.1) is 5.75 Å². The number of carbonyl (C=O) groups is 2. The number of hydrazine groups is 1. The van der Waals surface area contributed by atoms with Gasteiger partial charge in [0.1, 0.15) is 15.7 Å². The van der Waals surface area contributed by atoms with Crippen LogP contribution in [0, 0.1) is 11.8 Å². The van der Waals surface area contributed by atoms with Crippen LogP contribution in [0.1, 0.15) is 62.2 Å². The van der Waals surface area contributed by atoms with Gasteiger partial charge in [0.15, 0.2) is 0 Å². The smallest absolute Gasteiger partial charge is 0.248 e. The number of thioether (sulfide) groups is 1. The lowest BCUT2D eigenvalue weighted by Crippen LogP contribution is -2.44. The number of amides is 2. The molecular formula is C20H26N4O2S2. The van der Waals surface area contributed by atoms with E-state index in [1.54, 1.807) is 25.2 Å². The van der Waals surface area contributed by atoms with Crippen LogP contribution in [0.2, 0.25) is 0 Å². The molecule has 0 bridgehead atoms. The Bertz CT molecular complexity index is 921. The summed E-state index contributed by atoms with van der Waals surface area (Å²) in [5.41, 5.74) is 6.34. The number of nitrogens with zero attached hydrogens (tertiary/aromatic N) is 2. The molecule has 0 aliphatic heterocycles. The summed E-state index contributed by atoms with van der Waals surface area (Å²) in [5, 5.41) is 2.07. The molecule has 0 radical (unpaired) electrons. The maximum Gasteiger partial charge on any atom is 0.248 e. The molecule has 2 N–H and O–H groups in total. The summed E-state index contributed by atoms with van der Waals surface area (Å²) >= 11 is 3.25. The van der Waals surface area contributed by atoms with E-state index in [-0.39, 0.29) is 23.5 Å². The Morgan fingerprint density at radius 3 is 2.71 bits per heavy atom. The van der Waals surface area contributed by atoms with E-state index in [2.05, 4.69) is 17.8 Å². The molecule has 0 saturated heterocycles. The van der Waals surface area contributed by atoms with Crippen LogP contribution < -0.4 is 10.9 Å². The van der Waals surface area contributed by atoms with Crippen molar-refractivity contribution in [2.45, 2.75) is 63.8 Å². The van der Waals surface area contributed by atoms with Crippen molar-refractivity contribution in [3.8, 4) is 0 Å². The average Bonchev–Trinajstić information content (AvgIpc) is 3.44. The Balaban J connectivity index is 1.55. The van der Waals surface area contributed by atoms with E-state index in [0.717, 1.165) is 46.8 Å². The third-order valence-electron chi connectivity index (χ3n) is 5.27. The Morgan fingerprint density at radius 2 is 2.00 bits per heavy atom. The molecule has 8 heteroatoms. The molecule has 150 valence electrons. The van der Waals surface area contributed by atoms with Gasteiger partial charge in [-0.2, -0.15) is 0 Å². The zero-order valence-electron chi connectivity index (χ0n) is 16.5. The number of nitrogens with one attached hydrogen (secondary N) is 2. The third kappa shape index (κ3) is 4.17. The fourth-order valence-corrected chi connectivity index (χ4v) is 5.72. The minimum atomic E-state index is -0.226. The van der Waals surface area contributed by atoms with E-state index in [4.69, 9.17) is 9.97 Å². The van der Waals surface area contributed by atoms with Crippen LogP contribution in [0.5, 0.6) is 0 Å². The molecule has 2 aliphatic carbocycles. The van der Waals surface area contributed by atoms with Gasteiger partial charge in [-0.3, -0.25) is 20.4 Å². The highest BCUT2D eigenvalue weighted by molar-refractivity contribution is 8.00. The van der Waals surface area contributed by atoms with E-state index in [1.165, 1.54) is 28.6 Å². The lowest BCUT2D eigenvalue weighted by atomic mass is 9.89. The lowest BCUT2D eigenvalue weighted by Gasteiger charge is -2.18. The van der Waals surface area contributed by atoms with Gasteiger partial charge in [-0.1, -0.05) is 32.5 Å². The number of aryl methyl sites for hydroxylation is 1. The van der Waals surface area contributed by atoms with Gasteiger partial charge in [0, 0.05) is 22.1 Å². The van der Waals surface area contributed by atoms with Crippen molar-refractivity contribution in [2.75, 3.05) is 5.75 Å². The maximum atomic E-state index is 12.2. The highest BCUT2D eigenvalue weighted by Crippen LogP contribution is 2.44. The van der Waals surface area contributed by atoms with Crippen molar-refractivity contribution in [1.29, 1.82) is 0 Å². The molecule has 2 aromatic heterocycles. The first-order chi connectivity index (χ1) is 13.4. The van der Waals surface area contributed by atoms with Gasteiger partial charge in [0.25, 0.3) is 0 Å². The van der Waals surface area contributed by atoms with Crippen molar-refractivity contribution in [1.82, 2.24) is 20.8 Å². The van der Waals surface area contributed by atoms with E-state index in [9.17, 15) is 9.59 Å². The summed E-state index contributed by atoms with van der Waals surface area (Å²) in [7, 11) is 0. The molecule has 1 saturated carbocycles. The fraction of sp³-hybridized carbons (Fsp3) is 0.600. The number of aromatic nitrogens is 2. The number of rotatable bonds is 5. The van der Waals surface area contributed by atoms with E-state index >= 15 is 0 Å². The molecule has 0 aromatic carbocycles. The number of fused-ring (bicyclic) bond motifs is 3. The lowest BCUT2D eigenvalue weighted by molar-refractivity contribution is -0.129. The summed E-state index contributed by atoms with van der Waals surface area (Å²) in [4.78, 5) is 36.0. The van der Waals surface area contributed by atoms with Crippen molar-refractivity contribution >= 4 is 45.1 Å². The Morgan fingerprint density at radius 1 is 1.21 bits per heavy atom. The summed E-state index contributed by atoms with van der Waals surface area (Å²) in [6.45, 7) is 5.88. The van der Waals surface area contributed by atoms with Crippen LogP contribution in [0.4, 0.5) is 0 Å². The zero-order chi connectivity index (χ0) is 19.8. The van der Waals surface area contributed by atoms with Crippen molar-refractivity contribution in [2.24, 2.45) is 11.8 Å². The summed E-state index contributed by atoms with van der Waals surface area (Å²) in [6, 6.07) is 0. The van der Waals surface area contributed by atoms with Crippen LogP contribution in [-0.4, -0.2) is 27.5 Å². The normalized spacial score (nSPS) is 18.9. The van der Waals surface area contributed by atoms with Crippen molar-refractivity contribution in [3.05, 3.63) is 16.3 Å². The van der Waals surface area contributed by atoms with E-state index < -0.39 is 0 Å². The van der Waals surface area contributed by atoms with E-state index in [1.807, 2.05) is 0 Å². The monoisotopic (exact) mass is 418 g/mol. The Labute approximate surface area is 173 Å². The molecule has 28 heavy (non-hydrogen) atoms. The van der Waals surface area contributed by atoms with E-state index in [0.29, 0.717) is 11.8 Å². The van der Waals surface area contributed by atoms with Gasteiger partial charge < -0.3 is 0 Å². The first-order valence-electron chi connectivity index (χ1n) is 9.96. The van der Waals surface area contributed by atoms with Crippen LogP contribution in [0.25, 0.3) is 10.2 Å². The number of carbonyl (C=O) groups excluding carboxylic acids is 2. The van der Waals surface area contributed by atoms with Crippen LogP contribution in [-0.2, 0) is 22.4 Å². The Hall–Kier alpha value is -1.67. The third-order valence-corrected chi connectivity index (χ3v) is 7.39. The first kappa shape index (κ1) is 19.6. The van der Waals surface area contributed by atoms with Gasteiger partial charge >= 0.3 is 0 Å². The first-order valence-corrected chi connectivity index (χ1v) is 11.8. The molecule has 1 fully saturated rings. The minimum Gasteiger partial charge on any atom is -0.273 e. The number of hydrogen-bond acceptors (Lipinski definition) is 6. The number of hydrogen-bond donors (Lipinski definition) is 2. The van der Waals surface area contributed by atoms with Crippen LogP contribution in [0.3, 0.4) is 0 Å². The summed E-state index contributed by atoms with van der Waals surface area (Å²) < 4.78 is 0. The second-order valence-electron chi connectivity index (χ2n) is 8.17. The largest absolute Gasteiger partial charge is 0.273 e. The number of thiophene rings is 1. The van der Waals surface area contributed by atoms with Gasteiger partial charge in [0.2, 0.25) is 11.8 Å². The molecular weight excluding hydrogens is 392 g/mol. The molecule has 1 atom stereocenters. The quantitative estimate of drug-likeness (QED) is 0.440. The molecule has 2 amide bonds. The predicted molar refractivity (Wildman–Crippen MR) is 112 cm³/mol. The molecule has 0 spiro atoms. The molecule has 2 heterocycles. The van der Waals surface area contributed by atoms with Gasteiger partial charge in [-0.15, -0.1) is 11.3 Å². The molecule has 2 aliphatic rings. The second-order valence-corrected chi connectivity index (χ2v) is 10.2. The zero-order valence-corrected chi connectivity index (χ0v) is 18.1. The van der Waals surface area contributed by atoms with Crippen molar-refractivity contribution < 1.29 is 9.59 Å². The topological polar surface area (TPSA) is 84.0 Å². The van der Waals surface area contributed by atoms with Crippen molar-refractivity contribution in [3.63, 3.8) is 0 Å². The SMILES string of the molecule is CC(C)C(=O)NNC(=O)CSc1nc(C2CC2)nc2sc3c(c12)CC[C@@H](C)C3. The Kier molecular flexibility index (Phi) is 5.60. The highest BCUT2D eigenvalue weighted by Gasteiger charge is 2.30. The maximum absolute atomic E-state index is 12.2. The molecule has 6 nitrogen and oxygen atoms in total. The minimum absolute atomic E-state index is 0.171. The van der Waals surface area contributed by atoms with Gasteiger partial charge in [-0.25, -0.2) is 9.97 Å². The standard InChI is InChI=1S/C20H26N4O2S2/c1-10(2)18(26)24-23-15(25)9-27-19-16-13-7-4-11(3)8-14(13)28-20(16)22-17(21-19)12-5-6-12/h10-12H,4-9H2,1-3H3,(H,23,25)(H,24,26)/t11-/m1/s1. The molecule has 0 unspecified atom stereocenters. The highest BCUT2D eigenvalue weighted by atomic mass is 32.2. The van der Waals surface area contributed by atoms with Crippen LogP contribution in [0.15, 0.2) is 5.03 Å². The molecule has 2 aromatic rings. The van der Waals surface area contributed by atoms with Gasteiger partial charge in [-0.05, 0) is 43.6 Å². The van der Waals surface area contributed by atoms with Crippen LogP contribution >= 0.6 is 23.1 Å². The summed E-state index contributed by atoms with van der Waals surface area (Å²) in [6.07, 6.45) is 5.67. The summed E-state index contributed by atoms with van der Waals surface area (Å²) in [5.74, 6) is 1.74. The fourth-order valence-electron chi connectivity index (χ4n) is 3.40.